The highest BCUT2D eigenvalue weighted by Gasteiger charge is 2.22. The molecule has 0 saturated heterocycles. The maximum Gasteiger partial charge on any atom is 0.345 e. The molecule has 0 aliphatic heterocycles. The minimum absolute atomic E-state index is 0.00957. The predicted octanol–water partition coefficient (Wildman–Crippen LogP) is 5.11. The first-order chi connectivity index (χ1) is 18.2. The molecule has 0 bridgehead atoms. The van der Waals surface area contributed by atoms with Crippen molar-refractivity contribution in [1.29, 1.82) is 0 Å². The highest BCUT2D eigenvalue weighted by atomic mass is 35.5. The van der Waals surface area contributed by atoms with E-state index in [1.807, 2.05) is 0 Å². The second-order valence-electron chi connectivity index (χ2n) is 7.62. The Morgan fingerprint density at radius 2 is 1.79 bits per heavy atom. The largest absolute Gasteiger partial charge is 0.423 e. The number of hydrogen-bond acceptors (Lipinski definition) is 9. The summed E-state index contributed by atoms with van der Waals surface area (Å²) in [6.07, 6.45) is 4.34. The summed E-state index contributed by atoms with van der Waals surface area (Å²) in [6.45, 7) is 0. The number of anilines is 2. The van der Waals surface area contributed by atoms with Crippen LogP contribution in [0.2, 0.25) is 5.02 Å². The topological polar surface area (TPSA) is 153 Å². The zero-order valence-electron chi connectivity index (χ0n) is 19.3. The Morgan fingerprint density at radius 1 is 1.05 bits per heavy atom. The number of carbonyl (C=O) groups excluding carboxylic acids is 1. The third-order valence-electron chi connectivity index (χ3n) is 4.95. The monoisotopic (exact) mass is 551 g/mol. The first-order valence-corrected chi connectivity index (χ1v) is 12.7. The van der Waals surface area contributed by atoms with E-state index in [0.29, 0.717) is 21.9 Å². The zero-order valence-corrected chi connectivity index (χ0v) is 20.9. The number of rotatable bonds is 9. The fourth-order valence-corrected chi connectivity index (χ4v) is 4.48. The second-order valence-corrected chi connectivity index (χ2v) is 9.71. The van der Waals surface area contributed by atoms with Crippen LogP contribution < -0.4 is 14.9 Å². The number of hydrazone groups is 1. The van der Waals surface area contributed by atoms with Crippen LogP contribution in [0.25, 0.3) is 0 Å². The van der Waals surface area contributed by atoms with Gasteiger partial charge in [-0.05, 0) is 72.3 Å². The summed E-state index contributed by atoms with van der Waals surface area (Å²) in [7, 11) is -4.23. The van der Waals surface area contributed by atoms with Crippen LogP contribution in [0.3, 0.4) is 0 Å². The maximum absolute atomic E-state index is 13.0. The zero-order chi connectivity index (χ0) is 27.1. The van der Waals surface area contributed by atoms with E-state index in [-0.39, 0.29) is 16.3 Å². The summed E-state index contributed by atoms with van der Waals surface area (Å²) in [4.78, 5) is 26.2. The van der Waals surface area contributed by atoms with Crippen LogP contribution in [-0.4, -0.2) is 30.5 Å². The van der Waals surface area contributed by atoms with Crippen LogP contribution in [0.4, 0.5) is 17.1 Å². The average Bonchev–Trinajstić information content (AvgIpc) is 2.91. The number of sulfonamides is 1. The molecule has 11 nitrogen and oxygen atoms in total. The van der Waals surface area contributed by atoms with Crippen molar-refractivity contribution in [3.05, 3.63) is 118 Å². The van der Waals surface area contributed by atoms with Gasteiger partial charge in [-0.3, -0.25) is 25.2 Å². The minimum Gasteiger partial charge on any atom is -0.423 e. The highest BCUT2D eigenvalue weighted by Crippen LogP contribution is 2.28. The molecule has 0 spiro atoms. The Bertz CT molecular complexity index is 1600. The van der Waals surface area contributed by atoms with Crippen LogP contribution in [0.5, 0.6) is 5.75 Å². The molecule has 0 radical (unpaired) electrons. The van der Waals surface area contributed by atoms with Gasteiger partial charge in [0.2, 0.25) is 0 Å². The third kappa shape index (κ3) is 6.69. The summed E-state index contributed by atoms with van der Waals surface area (Å²) in [5.41, 5.74) is 3.34. The SMILES string of the molecule is O=C(Oc1ccc(/C=N\Nc2ccc([N+](=O)[O-])cc2S(=O)(=O)Nc2ccc(Cl)cc2)cc1)c1cccnc1. The number of nitrogens with one attached hydrogen (secondary N) is 2. The van der Waals surface area contributed by atoms with E-state index in [2.05, 4.69) is 20.2 Å². The molecule has 1 aromatic heterocycles. The van der Waals surface area contributed by atoms with Gasteiger partial charge in [-0.25, -0.2) is 13.2 Å². The molecule has 1 heterocycles. The van der Waals surface area contributed by atoms with E-state index in [9.17, 15) is 23.3 Å². The number of hydrogen-bond donors (Lipinski definition) is 2. The normalized spacial score (nSPS) is 11.2. The van der Waals surface area contributed by atoms with Gasteiger partial charge in [0.25, 0.3) is 15.7 Å². The number of ether oxygens (including phenoxy) is 1. The lowest BCUT2D eigenvalue weighted by Gasteiger charge is -2.12. The van der Waals surface area contributed by atoms with Crippen molar-refractivity contribution in [3.63, 3.8) is 0 Å². The Labute approximate surface area is 222 Å². The average molecular weight is 552 g/mol. The quantitative estimate of drug-likeness (QED) is 0.0956. The van der Waals surface area contributed by atoms with Crippen molar-refractivity contribution in [2.45, 2.75) is 4.90 Å². The minimum atomic E-state index is -4.23. The Hall–Kier alpha value is -4.81. The number of nitrogens with zero attached hydrogens (tertiary/aromatic N) is 3. The van der Waals surface area contributed by atoms with E-state index >= 15 is 0 Å². The van der Waals surface area contributed by atoms with Crippen molar-refractivity contribution >= 4 is 50.9 Å². The molecule has 0 amide bonds. The highest BCUT2D eigenvalue weighted by molar-refractivity contribution is 7.92. The van der Waals surface area contributed by atoms with E-state index < -0.39 is 26.6 Å². The molecular weight excluding hydrogens is 534 g/mol. The summed E-state index contributed by atoms with van der Waals surface area (Å²) in [6, 6.07) is 18.8. The van der Waals surface area contributed by atoms with Gasteiger partial charge in [-0.2, -0.15) is 5.10 Å². The molecule has 0 aliphatic rings. The molecule has 4 aromatic rings. The number of non-ortho nitro benzene ring substituents is 1. The molecule has 38 heavy (non-hydrogen) atoms. The lowest BCUT2D eigenvalue weighted by Crippen LogP contribution is -2.15. The number of esters is 1. The summed E-state index contributed by atoms with van der Waals surface area (Å²) in [5.74, 6) is -0.249. The standard InChI is InChI=1S/C25H18ClN5O6S/c26-19-5-7-20(8-6-19)30-38(35,36)24-14-21(31(33)34)9-12-23(24)29-28-15-17-3-10-22(11-4-17)37-25(32)18-2-1-13-27-16-18/h1-16,29-30H/b28-15-. The molecule has 0 saturated carbocycles. The van der Waals surface area contributed by atoms with Crippen LogP contribution in [0, 0.1) is 10.1 Å². The van der Waals surface area contributed by atoms with Gasteiger partial charge >= 0.3 is 5.97 Å². The molecule has 0 unspecified atom stereocenters. The summed E-state index contributed by atoms with van der Waals surface area (Å²) < 4.78 is 33.7. The number of benzene rings is 3. The fourth-order valence-electron chi connectivity index (χ4n) is 3.12. The van der Waals surface area contributed by atoms with Gasteiger partial charge in [0.15, 0.2) is 0 Å². The number of nitro benzene ring substituents is 1. The first kappa shape index (κ1) is 26.3. The number of pyridine rings is 1. The van der Waals surface area contributed by atoms with Crippen LogP contribution >= 0.6 is 11.6 Å². The molecule has 0 aliphatic carbocycles. The van der Waals surface area contributed by atoms with Crippen LogP contribution in [0.15, 0.2) is 101 Å². The molecule has 4 rings (SSSR count). The molecule has 192 valence electrons. The van der Waals surface area contributed by atoms with Crippen molar-refractivity contribution in [3.8, 4) is 5.75 Å². The lowest BCUT2D eigenvalue weighted by atomic mass is 10.2. The Morgan fingerprint density at radius 3 is 2.45 bits per heavy atom. The Balaban J connectivity index is 1.49. The van der Waals surface area contributed by atoms with Gasteiger partial charge in [-0.1, -0.05) is 11.6 Å². The second kappa shape index (κ2) is 11.5. The summed E-state index contributed by atoms with van der Waals surface area (Å²) >= 11 is 5.84. The lowest BCUT2D eigenvalue weighted by molar-refractivity contribution is -0.385. The van der Waals surface area contributed by atoms with Crippen molar-refractivity contribution < 1.29 is 22.9 Å². The third-order valence-corrected chi connectivity index (χ3v) is 6.62. The van der Waals surface area contributed by atoms with Crippen LogP contribution in [-0.2, 0) is 10.0 Å². The van der Waals surface area contributed by atoms with Gasteiger partial charge in [0.1, 0.15) is 10.6 Å². The molecule has 0 fully saturated rings. The van der Waals surface area contributed by atoms with Gasteiger partial charge in [0, 0.05) is 35.2 Å². The van der Waals surface area contributed by atoms with E-state index in [1.54, 1.807) is 42.6 Å². The van der Waals surface area contributed by atoms with Gasteiger partial charge in [-0.15, -0.1) is 0 Å². The number of aromatic nitrogens is 1. The molecule has 3 aromatic carbocycles. The van der Waals surface area contributed by atoms with Crippen molar-refractivity contribution in [2.24, 2.45) is 5.10 Å². The number of carbonyl (C=O) groups is 1. The van der Waals surface area contributed by atoms with Gasteiger partial charge in [0.05, 0.1) is 22.4 Å². The molecule has 2 N–H and O–H groups in total. The fraction of sp³-hybridized carbons (Fsp3) is 0. The molecule has 0 atom stereocenters. The number of nitro groups is 1. The van der Waals surface area contributed by atoms with E-state index in [1.165, 1.54) is 42.7 Å². The maximum atomic E-state index is 13.0. The predicted molar refractivity (Wildman–Crippen MR) is 142 cm³/mol. The smallest absolute Gasteiger partial charge is 0.345 e. The van der Waals surface area contributed by atoms with E-state index in [0.717, 1.165) is 12.1 Å². The van der Waals surface area contributed by atoms with Gasteiger partial charge < -0.3 is 4.74 Å². The number of halogens is 1. The van der Waals surface area contributed by atoms with Crippen molar-refractivity contribution in [1.82, 2.24) is 4.98 Å². The first-order valence-electron chi connectivity index (χ1n) is 10.8. The van der Waals surface area contributed by atoms with Crippen molar-refractivity contribution in [2.75, 3.05) is 10.1 Å². The van der Waals surface area contributed by atoms with Crippen LogP contribution in [0.1, 0.15) is 15.9 Å². The van der Waals surface area contributed by atoms with E-state index in [4.69, 9.17) is 16.3 Å². The molecular formula is C25H18ClN5O6S. The Kier molecular flexibility index (Phi) is 7.94. The molecule has 13 heteroatoms. The summed E-state index contributed by atoms with van der Waals surface area (Å²) in [5, 5.41) is 15.7.